The first-order chi connectivity index (χ1) is 11.8. The highest BCUT2D eigenvalue weighted by Gasteiger charge is 2.14. The summed E-state index contributed by atoms with van der Waals surface area (Å²) in [5.41, 5.74) is 6.42. The number of carbonyl (C=O) groups excluding carboxylic acids is 3. The molecule has 0 saturated carbocycles. The summed E-state index contributed by atoms with van der Waals surface area (Å²) in [6, 6.07) is 10.5. The lowest BCUT2D eigenvalue weighted by Gasteiger charge is -2.17. The predicted molar refractivity (Wildman–Crippen MR) is 95.5 cm³/mol. The van der Waals surface area contributed by atoms with Crippen LogP contribution >= 0.6 is 11.8 Å². The number of nitrogens with two attached hydrogens (primary N) is 1. The number of rotatable bonds is 6. The van der Waals surface area contributed by atoms with Gasteiger partial charge in [0.05, 0.1) is 5.75 Å². The smallest absolute Gasteiger partial charge is 0.248 e. The van der Waals surface area contributed by atoms with E-state index in [2.05, 4.69) is 0 Å². The van der Waals surface area contributed by atoms with Gasteiger partial charge < -0.3 is 10.6 Å². The van der Waals surface area contributed by atoms with Gasteiger partial charge >= 0.3 is 0 Å². The topological polar surface area (TPSA) is 80.5 Å². The van der Waals surface area contributed by atoms with E-state index in [0.29, 0.717) is 21.7 Å². The zero-order valence-corrected chi connectivity index (χ0v) is 14.6. The van der Waals surface area contributed by atoms with Crippen LogP contribution in [0.25, 0.3) is 0 Å². The van der Waals surface area contributed by atoms with Crippen molar-refractivity contribution in [2.45, 2.75) is 11.8 Å². The van der Waals surface area contributed by atoms with E-state index >= 15 is 0 Å². The average molecular weight is 360 g/mol. The highest BCUT2D eigenvalue weighted by Crippen LogP contribution is 2.24. The van der Waals surface area contributed by atoms with Gasteiger partial charge in [-0.1, -0.05) is 6.07 Å². The molecule has 0 spiro atoms. The SMILES string of the molecule is CC(=O)c1ccc(SCC(=O)N(C)c2ccc(C(N)=O)cc2)c(F)c1. The minimum atomic E-state index is -0.541. The van der Waals surface area contributed by atoms with Crippen molar-refractivity contribution in [3.8, 4) is 0 Å². The van der Waals surface area contributed by atoms with Crippen LogP contribution < -0.4 is 10.6 Å². The molecule has 130 valence electrons. The van der Waals surface area contributed by atoms with Gasteiger partial charge in [-0.3, -0.25) is 14.4 Å². The molecule has 0 bridgehead atoms. The fraction of sp³-hybridized carbons (Fsp3) is 0.167. The summed E-state index contributed by atoms with van der Waals surface area (Å²) in [5, 5.41) is 0. The molecule has 0 aliphatic heterocycles. The van der Waals surface area contributed by atoms with Gasteiger partial charge in [-0.15, -0.1) is 11.8 Å². The molecule has 0 unspecified atom stereocenters. The van der Waals surface area contributed by atoms with Crippen LogP contribution in [-0.2, 0) is 4.79 Å². The Balaban J connectivity index is 2.02. The van der Waals surface area contributed by atoms with E-state index in [0.717, 1.165) is 11.8 Å². The van der Waals surface area contributed by atoms with E-state index < -0.39 is 11.7 Å². The Morgan fingerprint density at radius 1 is 1.08 bits per heavy atom. The lowest BCUT2D eigenvalue weighted by Crippen LogP contribution is -2.28. The first kappa shape index (κ1) is 18.7. The van der Waals surface area contributed by atoms with E-state index in [4.69, 9.17) is 5.73 Å². The van der Waals surface area contributed by atoms with Crippen molar-refractivity contribution in [3.05, 3.63) is 59.4 Å². The van der Waals surface area contributed by atoms with Crippen molar-refractivity contribution in [1.82, 2.24) is 0 Å². The second kappa shape index (κ2) is 7.94. The normalized spacial score (nSPS) is 10.4. The first-order valence-electron chi connectivity index (χ1n) is 7.39. The van der Waals surface area contributed by atoms with E-state index in [1.54, 1.807) is 19.2 Å². The molecule has 2 rings (SSSR count). The van der Waals surface area contributed by atoms with Gasteiger partial charge in [0.1, 0.15) is 5.82 Å². The standard InChI is InChI=1S/C18H17FN2O3S/c1-11(22)13-5-8-16(15(19)9-13)25-10-17(23)21(2)14-6-3-12(4-7-14)18(20)24/h3-9H,10H2,1-2H3,(H2,20,24). The summed E-state index contributed by atoms with van der Waals surface area (Å²) in [6.07, 6.45) is 0. The van der Waals surface area contributed by atoms with Crippen LogP contribution in [0, 0.1) is 5.82 Å². The van der Waals surface area contributed by atoms with Crippen molar-refractivity contribution in [1.29, 1.82) is 0 Å². The number of hydrogen-bond donors (Lipinski definition) is 1. The number of halogens is 1. The molecular weight excluding hydrogens is 343 g/mol. The van der Waals surface area contributed by atoms with Gasteiger partial charge in [-0.05, 0) is 43.3 Å². The maximum Gasteiger partial charge on any atom is 0.248 e. The summed E-state index contributed by atoms with van der Waals surface area (Å²) >= 11 is 1.05. The van der Waals surface area contributed by atoms with Crippen LogP contribution in [0.2, 0.25) is 0 Å². The molecule has 2 amide bonds. The summed E-state index contributed by atoms with van der Waals surface area (Å²) in [7, 11) is 1.59. The number of nitrogens with zero attached hydrogens (tertiary/aromatic N) is 1. The summed E-state index contributed by atoms with van der Waals surface area (Å²) in [5.74, 6) is -1.48. The van der Waals surface area contributed by atoms with Crippen LogP contribution in [0.1, 0.15) is 27.6 Å². The van der Waals surface area contributed by atoms with Crippen molar-refractivity contribution >= 4 is 35.0 Å². The van der Waals surface area contributed by atoms with Gasteiger partial charge in [0.15, 0.2) is 5.78 Å². The number of carbonyl (C=O) groups is 3. The molecule has 0 aromatic heterocycles. The second-order valence-corrected chi connectivity index (χ2v) is 6.37. The van der Waals surface area contributed by atoms with E-state index in [1.807, 2.05) is 0 Å². The molecule has 0 atom stereocenters. The van der Waals surface area contributed by atoms with Gasteiger partial charge in [0, 0.05) is 28.8 Å². The molecule has 0 fully saturated rings. The third-order valence-corrected chi connectivity index (χ3v) is 4.64. The summed E-state index contributed by atoms with van der Waals surface area (Å²) < 4.78 is 14.0. The molecular formula is C18H17FN2O3S. The highest BCUT2D eigenvalue weighted by atomic mass is 32.2. The van der Waals surface area contributed by atoms with E-state index in [1.165, 1.54) is 42.2 Å². The van der Waals surface area contributed by atoms with Gasteiger partial charge in [-0.2, -0.15) is 0 Å². The minimum absolute atomic E-state index is 0.0322. The molecule has 2 aromatic rings. The first-order valence-corrected chi connectivity index (χ1v) is 8.38. The van der Waals surface area contributed by atoms with E-state index in [9.17, 15) is 18.8 Å². The van der Waals surface area contributed by atoms with Crippen LogP contribution in [0.5, 0.6) is 0 Å². The van der Waals surface area contributed by atoms with E-state index in [-0.39, 0.29) is 17.4 Å². The Morgan fingerprint density at radius 2 is 1.68 bits per heavy atom. The number of benzene rings is 2. The average Bonchev–Trinajstić information content (AvgIpc) is 2.59. The number of anilines is 1. The minimum Gasteiger partial charge on any atom is -0.366 e. The Labute approximate surface area is 149 Å². The summed E-state index contributed by atoms with van der Waals surface area (Å²) in [6.45, 7) is 1.36. The highest BCUT2D eigenvalue weighted by molar-refractivity contribution is 8.00. The number of amides is 2. The van der Waals surface area contributed by atoms with Gasteiger partial charge in [0.2, 0.25) is 11.8 Å². The largest absolute Gasteiger partial charge is 0.366 e. The molecule has 7 heteroatoms. The fourth-order valence-corrected chi connectivity index (χ4v) is 2.90. The number of hydrogen-bond acceptors (Lipinski definition) is 4. The number of Topliss-reactive ketones (excluding diaryl/α,β-unsaturated/α-hetero) is 1. The van der Waals surface area contributed by atoms with Crippen molar-refractivity contribution in [2.24, 2.45) is 5.73 Å². The Kier molecular flexibility index (Phi) is 5.93. The lowest BCUT2D eigenvalue weighted by atomic mass is 10.1. The Morgan fingerprint density at radius 3 is 2.20 bits per heavy atom. The zero-order chi connectivity index (χ0) is 18.6. The zero-order valence-electron chi connectivity index (χ0n) is 13.8. The van der Waals surface area contributed by atoms with Crippen LogP contribution in [0.4, 0.5) is 10.1 Å². The Hall–Kier alpha value is -2.67. The molecule has 0 saturated heterocycles. The maximum atomic E-state index is 14.0. The van der Waals surface area contributed by atoms with Crippen LogP contribution in [0.3, 0.4) is 0 Å². The number of ketones is 1. The quantitative estimate of drug-likeness (QED) is 0.634. The summed E-state index contributed by atoms with van der Waals surface area (Å²) in [4.78, 5) is 36.3. The van der Waals surface area contributed by atoms with Crippen molar-refractivity contribution in [3.63, 3.8) is 0 Å². The molecule has 0 aliphatic rings. The maximum absolute atomic E-state index is 14.0. The molecule has 0 aliphatic carbocycles. The molecule has 2 N–H and O–H groups in total. The molecule has 25 heavy (non-hydrogen) atoms. The van der Waals surface area contributed by atoms with Crippen LogP contribution in [-0.4, -0.2) is 30.4 Å². The predicted octanol–water partition coefficient (Wildman–Crippen LogP) is 2.88. The lowest BCUT2D eigenvalue weighted by molar-refractivity contribution is -0.115. The van der Waals surface area contributed by atoms with Crippen molar-refractivity contribution in [2.75, 3.05) is 17.7 Å². The molecule has 0 radical (unpaired) electrons. The molecule has 0 heterocycles. The fourth-order valence-electron chi connectivity index (χ4n) is 2.07. The number of thioether (sulfide) groups is 1. The Bertz CT molecular complexity index is 822. The third-order valence-electron chi connectivity index (χ3n) is 3.60. The molecule has 2 aromatic carbocycles. The third kappa shape index (κ3) is 4.67. The van der Waals surface area contributed by atoms with Crippen LogP contribution in [0.15, 0.2) is 47.4 Å². The van der Waals surface area contributed by atoms with Gasteiger partial charge in [-0.25, -0.2) is 4.39 Å². The van der Waals surface area contributed by atoms with Crippen molar-refractivity contribution < 1.29 is 18.8 Å². The monoisotopic (exact) mass is 360 g/mol. The number of primary amides is 1. The van der Waals surface area contributed by atoms with Gasteiger partial charge in [0.25, 0.3) is 0 Å². The molecule has 5 nitrogen and oxygen atoms in total. The second-order valence-electron chi connectivity index (χ2n) is 5.35.